The van der Waals surface area contributed by atoms with Crippen LogP contribution < -0.4 is 4.65 Å². The Hall–Kier alpha value is 0.154. The Morgan fingerprint density at radius 1 is 0.684 bits per heavy atom. The molecule has 0 bridgehead atoms. The van der Waals surface area contributed by atoms with Crippen LogP contribution in [0, 0.1) is 0 Å². The van der Waals surface area contributed by atoms with E-state index in [4.69, 9.17) is 26.6 Å². The summed E-state index contributed by atoms with van der Waals surface area (Å²) in [5.74, 6) is 0. The van der Waals surface area contributed by atoms with Gasteiger partial charge in [-0.05, 0) is 12.8 Å². The van der Waals surface area contributed by atoms with Crippen LogP contribution >= 0.6 is 0 Å². The van der Waals surface area contributed by atoms with Crippen LogP contribution in [0.2, 0.25) is 0 Å². The minimum atomic E-state index is -3.06. The molecule has 0 aromatic rings. The first-order chi connectivity index (χ1) is 9.07. The number of hydrogen-bond donors (Lipinski definition) is 1. The van der Waals surface area contributed by atoms with Gasteiger partial charge in [0.05, 0.1) is 0 Å². The van der Waals surface area contributed by atoms with E-state index in [0.717, 1.165) is 12.8 Å². The maximum absolute atomic E-state index is 5.69. The van der Waals surface area contributed by atoms with Gasteiger partial charge in [0.1, 0.15) is 0 Å². The van der Waals surface area contributed by atoms with Crippen LogP contribution in [0.5, 0.6) is 0 Å². The molecule has 0 aliphatic rings. The first-order valence-corrected chi connectivity index (χ1v) is 9.80. The zero-order valence-electron chi connectivity index (χ0n) is 12.8. The molecule has 0 saturated carbocycles. The summed E-state index contributed by atoms with van der Waals surface area (Å²) in [4.78, 5) is 0. The standard InChI is InChI=1S/C10H27NO6Si2/c1-7-9-16-18(12-3,13-4)11-19(14-5,15-6)17-10-8-2/h11H,7-10H2,1-6H3. The zero-order valence-corrected chi connectivity index (χ0v) is 14.8. The molecule has 0 atom stereocenters. The monoisotopic (exact) mass is 313 g/mol. The average Bonchev–Trinajstić information content (AvgIpc) is 2.48. The van der Waals surface area contributed by atoms with Gasteiger partial charge in [-0.2, -0.15) is 0 Å². The van der Waals surface area contributed by atoms with E-state index in [0.29, 0.717) is 13.2 Å². The largest absolute Gasteiger partial charge is 0.594 e. The number of hydrogen-bond acceptors (Lipinski definition) is 7. The minimum absolute atomic E-state index is 0.520. The van der Waals surface area contributed by atoms with Crippen molar-refractivity contribution in [3.63, 3.8) is 0 Å². The predicted octanol–water partition coefficient (Wildman–Crippen LogP) is 0.886. The molecule has 19 heavy (non-hydrogen) atoms. The van der Waals surface area contributed by atoms with Crippen molar-refractivity contribution in [3.8, 4) is 0 Å². The molecule has 0 rings (SSSR count). The molecule has 0 spiro atoms. The van der Waals surface area contributed by atoms with Gasteiger partial charge < -0.3 is 26.6 Å². The lowest BCUT2D eigenvalue weighted by atomic mass is 10.5. The van der Waals surface area contributed by atoms with Crippen LogP contribution in [0.25, 0.3) is 0 Å². The molecule has 0 heterocycles. The van der Waals surface area contributed by atoms with E-state index < -0.39 is 17.9 Å². The molecule has 0 aliphatic carbocycles. The van der Waals surface area contributed by atoms with Crippen LogP contribution in [-0.4, -0.2) is 59.6 Å². The second-order valence-corrected chi connectivity index (χ2v) is 9.19. The van der Waals surface area contributed by atoms with Crippen LogP contribution in [-0.2, 0) is 26.6 Å². The van der Waals surface area contributed by atoms with E-state index in [1.807, 2.05) is 13.8 Å². The summed E-state index contributed by atoms with van der Waals surface area (Å²) in [6, 6.07) is 0. The smallest absolute Gasteiger partial charge is 0.365 e. The Kier molecular flexibility index (Phi) is 10.0. The lowest BCUT2D eigenvalue weighted by Crippen LogP contribution is -2.72. The fourth-order valence-electron chi connectivity index (χ4n) is 1.34. The van der Waals surface area contributed by atoms with Crippen molar-refractivity contribution < 1.29 is 26.6 Å². The maximum atomic E-state index is 5.69. The number of nitrogens with one attached hydrogen (secondary N) is 1. The SMILES string of the molecule is CCCO[Si](N[Si](OC)(OC)OCCC)(OC)OC. The molecule has 0 amide bonds. The molecule has 0 unspecified atom stereocenters. The van der Waals surface area contributed by atoms with Gasteiger partial charge in [-0.15, -0.1) is 0 Å². The van der Waals surface area contributed by atoms with Gasteiger partial charge in [-0.25, -0.2) is 4.65 Å². The van der Waals surface area contributed by atoms with Gasteiger partial charge in [0.15, 0.2) is 0 Å². The van der Waals surface area contributed by atoms with Gasteiger partial charge in [0.2, 0.25) is 0 Å². The highest BCUT2D eigenvalue weighted by atomic mass is 28.5. The predicted molar refractivity (Wildman–Crippen MR) is 75.2 cm³/mol. The van der Waals surface area contributed by atoms with Crippen molar-refractivity contribution in [1.82, 2.24) is 4.65 Å². The van der Waals surface area contributed by atoms with E-state index in [2.05, 4.69) is 4.65 Å². The first kappa shape index (κ1) is 19.2. The normalized spacial score (nSPS) is 12.9. The lowest BCUT2D eigenvalue weighted by molar-refractivity contribution is 0.0559. The molecular formula is C10H27NO6Si2. The molecule has 1 N–H and O–H groups in total. The topological polar surface area (TPSA) is 67.4 Å². The Bertz CT molecular complexity index is 204. The Balaban J connectivity index is 4.90. The summed E-state index contributed by atoms with van der Waals surface area (Å²) in [5, 5.41) is 0. The van der Waals surface area contributed by atoms with Crippen molar-refractivity contribution >= 4 is 17.9 Å². The van der Waals surface area contributed by atoms with Crippen molar-refractivity contribution in [3.05, 3.63) is 0 Å². The minimum Gasteiger partial charge on any atom is -0.365 e. The highest BCUT2D eigenvalue weighted by Crippen LogP contribution is 2.12. The van der Waals surface area contributed by atoms with Crippen LogP contribution in [0.4, 0.5) is 0 Å². The zero-order chi connectivity index (χ0) is 14.8. The van der Waals surface area contributed by atoms with Gasteiger partial charge in [0, 0.05) is 41.7 Å². The quantitative estimate of drug-likeness (QED) is 0.537. The van der Waals surface area contributed by atoms with Crippen LogP contribution in [0.15, 0.2) is 0 Å². The highest BCUT2D eigenvalue weighted by molar-refractivity contribution is 6.75. The van der Waals surface area contributed by atoms with Gasteiger partial charge in [0.25, 0.3) is 0 Å². The van der Waals surface area contributed by atoms with Gasteiger partial charge in [-0.1, -0.05) is 13.8 Å². The molecule has 9 heteroatoms. The Morgan fingerprint density at radius 3 is 1.21 bits per heavy atom. The molecule has 116 valence electrons. The van der Waals surface area contributed by atoms with Crippen molar-refractivity contribution in [2.75, 3.05) is 41.7 Å². The molecule has 0 saturated heterocycles. The third-order valence-electron chi connectivity index (χ3n) is 2.37. The molecule has 0 aliphatic heterocycles. The number of rotatable bonds is 12. The fourth-order valence-corrected chi connectivity index (χ4v) is 6.80. The maximum Gasteiger partial charge on any atom is 0.594 e. The van der Waals surface area contributed by atoms with E-state index in [1.54, 1.807) is 0 Å². The Labute approximate surface area is 118 Å². The lowest BCUT2D eigenvalue weighted by Gasteiger charge is -2.34. The third-order valence-corrected chi connectivity index (χ3v) is 8.14. The second kappa shape index (κ2) is 9.96. The molecular weight excluding hydrogens is 286 g/mol. The molecule has 7 nitrogen and oxygen atoms in total. The molecule has 0 radical (unpaired) electrons. The molecule has 0 fully saturated rings. The van der Waals surface area contributed by atoms with Gasteiger partial charge in [-0.3, -0.25) is 0 Å². The third kappa shape index (κ3) is 5.98. The summed E-state index contributed by atoms with van der Waals surface area (Å²) in [6.45, 7) is 5.06. The summed E-state index contributed by atoms with van der Waals surface area (Å²) in [5.41, 5.74) is 0. The fraction of sp³-hybridized carbons (Fsp3) is 1.00. The van der Waals surface area contributed by atoms with E-state index >= 15 is 0 Å². The highest BCUT2D eigenvalue weighted by Gasteiger charge is 2.54. The van der Waals surface area contributed by atoms with E-state index in [1.165, 1.54) is 28.4 Å². The van der Waals surface area contributed by atoms with Crippen LogP contribution in [0.3, 0.4) is 0 Å². The summed E-state index contributed by atoms with van der Waals surface area (Å²) >= 11 is 0. The van der Waals surface area contributed by atoms with Crippen LogP contribution in [0.1, 0.15) is 26.7 Å². The van der Waals surface area contributed by atoms with Gasteiger partial charge >= 0.3 is 17.9 Å². The molecule has 0 aromatic carbocycles. The summed E-state index contributed by atoms with van der Waals surface area (Å²) in [7, 11) is 0.0117. The van der Waals surface area contributed by atoms with E-state index in [-0.39, 0.29) is 0 Å². The first-order valence-electron chi connectivity index (χ1n) is 6.35. The average molecular weight is 313 g/mol. The van der Waals surface area contributed by atoms with Crippen molar-refractivity contribution in [2.24, 2.45) is 0 Å². The van der Waals surface area contributed by atoms with E-state index in [9.17, 15) is 0 Å². The Morgan fingerprint density at radius 2 is 1.00 bits per heavy atom. The second-order valence-electron chi connectivity index (χ2n) is 3.75. The summed E-state index contributed by atoms with van der Waals surface area (Å²) in [6.07, 6.45) is 1.71. The summed E-state index contributed by atoms with van der Waals surface area (Å²) < 4.78 is 36.1. The molecule has 0 aromatic heterocycles. The van der Waals surface area contributed by atoms with Crippen molar-refractivity contribution in [2.45, 2.75) is 26.7 Å². The van der Waals surface area contributed by atoms with Crippen molar-refractivity contribution in [1.29, 1.82) is 0 Å².